The predicted octanol–water partition coefficient (Wildman–Crippen LogP) is 3.88. The van der Waals surface area contributed by atoms with Gasteiger partial charge < -0.3 is 34.5 Å². The van der Waals surface area contributed by atoms with Crippen molar-refractivity contribution in [3.8, 4) is 23.0 Å². The Labute approximate surface area is 216 Å². The molecule has 3 aromatic carbocycles. The molecule has 1 saturated carbocycles. The normalized spacial score (nSPS) is 23.0. The van der Waals surface area contributed by atoms with Crippen LogP contribution in [0.5, 0.6) is 23.0 Å². The summed E-state index contributed by atoms with van der Waals surface area (Å²) >= 11 is 0. The van der Waals surface area contributed by atoms with Gasteiger partial charge in [0.05, 0.1) is 40.5 Å². The lowest BCUT2D eigenvalue weighted by Gasteiger charge is -2.40. The summed E-state index contributed by atoms with van der Waals surface area (Å²) in [6.07, 6.45) is 1.33. The van der Waals surface area contributed by atoms with Gasteiger partial charge in [0.25, 0.3) is 0 Å². The molecule has 3 N–H and O–H groups in total. The fourth-order valence-electron chi connectivity index (χ4n) is 5.51. The van der Waals surface area contributed by atoms with Gasteiger partial charge in [-0.05, 0) is 36.1 Å². The third kappa shape index (κ3) is 4.36. The van der Waals surface area contributed by atoms with Crippen molar-refractivity contribution >= 4 is 5.97 Å². The van der Waals surface area contributed by atoms with E-state index in [-0.39, 0.29) is 18.4 Å². The number of nitrogens with two attached hydrogens (primary N) is 1. The number of carbonyl (C=O) groups excluding carboxylic acids is 1. The largest absolute Gasteiger partial charge is 0.497 e. The van der Waals surface area contributed by atoms with Gasteiger partial charge in [0.15, 0.2) is 5.60 Å². The zero-order valence-electron chi connectivity index (χ0n) is 21.5. The highest BCUT2D eigenvalue weighted by Crippen LogP contribution is 2.68. The molecule has 1 heterocycles. The predicted molar refractivity (Wildman–Crippen MR) is 138 cm³/mol. The Balaban J connectivity index is 0.000000480. The summed E-state index contributed by atoms with van der Waals surface area (Å²) in [6, 6.07) is 21.7. The van der Waals surface area contributed by atoms with Crippen LogP contribution in [0.2, 0.25) is 0 Å². The molecule has 2 aliphatic rings. The number of hydrogen-bond donors (Lipinski definition) is 2. The number of aliphatic hydroxyl groups is 1. The molecule has 1 fully saturated rings. The van der Waals surface area contributed by atoms with E-state index in [1.54, 1.807) is 27.4 Å². The van der Waals surface area contributed by atoms with Crippen molar-refractivity contribution in [1.82, 2.24) is 0 Å². The van der Waals surface area contributed by atoms with Crippen molar-refractivity contribution in [3.05, 3.63) is 83.4 Å². The number of methoxy groups -OCH3 is 4. The fraction of sp³-hybridized carbons (Fsp3) is 0.345. The van der Waals surface area contributed by atoms with Crippen LogP contribution in [0.3, 0.4) is 0 Å². The molecule has 196 valence electrons. The van der Waals surface area contributed by atoms with Crippen LogP contribution in [-0.4, -0.2) is 46.1 Å². The molecule has 3 aromatic rings. The second-order valence-electron chi connectivity index (χ2n) is 8.91. The van der Waals surface area contributed by atoms with E-state index >= 15 is 0 Å². The Morgan fingerprint density at radius 3 is 2.19 bits per heavy atom. The SMILES string of the molecule is COC(=O)CN.COc1ccc(C23Oc4cc(OC)cc(OC)c4C2(O)CCC3c2ccccc2)cc1. The molecule has 8 heteroatoms. The van der Waals surface area contributed by atoms with Gasteiger partial charge in [0.2, 0.25) is 0 Å². The van der Waals surface area contributed by atoms with Crippen molar-refractivity contribution in [2.75, 3.05) is 35.0 Å². The summed E-state index contributed by atoms with van der Waals surface area (Å²) in [4.78, 5) is 9.83. The van der Waals surface area contributed by atoms with Gasteiger partial charge in [-0.15, -0.1) is 0 Å². The van der Waals surface area contributed by atoms with Crippen molar-refractivity contribution in [1.29, 1.82) is 0 Å². The number of benzene rings is 3. The van der Waals surface area contributed by atoms with Gasteiger partial charge in [-0.2, -0.15) is 0 Å². The van der Waals surface area contributed by atoms with E-state index in [1.165, 1.54) is 7.11 Å². The minimum absolute atomic E-state index is 0.0312. The van der Waals surface area contributed by atoms with E-state index in [0.29, 0.717) is 29.2 Å². The van der Waals surface area contributed by atoms with Gasteiger partial charge >= 0.3 is 5.97 Å². The Morgan fingerprint density at radius 1 is 0.973 bits per heavy atom. The Bertz CT molecular complexity index is 1230. The third-order valence-corrected chi connectivity index (χ3v) is 7.19. The van der Waals surface area contributed by atoms with Crippen LogP contribution in [0.1, 0.15) is 35.4 Å². The summed E-state index contributed by atoms with van der Waals surface area (Å²) in [5.74, 6) is 2.12. The quantitative estimate of drug-likeness (QED) is 0.484. The van der Waals surface area contributed by atoms with Crippen LogP contribution in [0.4, 0.5) is 0 Å². The smallest absolute Gasteiger partial charge is 0.319 e. The number of hydrogen-bond acceptors (Lipinski definition) is 8. The molecule has 1 aliphatic heterocycles. The Kier molecular flexibility index (Phi) is 7.61. The maximum atomic E-state index is 12.3. The van der Waals surface area contributed by atoms with Crippen molar-refractivity contribution < 1.29 is 33.6 Å². The molecule has 3 atom stereocenters. The molecule has 0 aromatic heterocycles. The highest BCUT2D eigenvalue weighted by atomic mass is 16.5. The molecule has 0 radical (unpaired) electrons. The molecular weight excluding hydrogens is 474 g/mol. The van der Waals surface area contributed by atoms with Gasteiger partial charge in [-0.25, -0.2) is 0 Å². The summed E-state index contributed by atoms with van der Waals surface area (Å²) in [5, 5.41) is 12.3. The zero-order valence-corrected chi connectivity index (χ0v) is 21.5. The lowest BCUT2D eigenvalue weighted by molar-refractivity contribution is -0.138. The van der Waals surface area contributed by atoms with Crippen molar-refractivity contribution in [2.45, 2.75) is 30.0 Å². The molecule has 0 spiro atoms. The summed E-state index contributed by atoms with van der Waals surface area (Å²) in [7, 11) is 6.16. The van der Waals surface area contributed by atoms with Crippen LogP contribution >= 0.6 is 0 Å². The molecule has 0 saturated heterocycles. The van der Waals surface area contributed by atoms with Gasteiger partial charge in [-0.3, -0.25) is 4.79 Å². The van der Waals surface area contributed by atoms with E-state index < -0.39 is 11.2 Å². The second-order valence-corrected chi connectivity index (χ2v) is 8.91. The lowest BCUT2D eigenvalue weighted by Crippen LogP contribution is -2.48. The first kappa shape index (κ1) is 26.3. The zero-order chi connectivity index (χ0) is 26.6. The van der Waals surface area contributed by atoms with Crippen LogP contribution in [0.15, 0.2) is 66.7 Å². The number of esters is 1. The van der Waals surface area contributed by atoms with Crippen LogP contribution in [0, 0.1) is 0 Å². The highest BCUT2D eigenvalue weighted by Gasteiger charge is 2.69. The monoisotopic (exact) mass is 507 g/mol. The minimum atomic E-state index is -1.25. The molecule has 0 bridgehead atoms. The van der Waals surface area contributed by atoms with Crippen molar-refractivity contribution in [3.63, 3.8) is 0 Å². The number of rotatable bonds is 6. The molecule has 8 nitrogen and oxygen atoms in total. The van der Waals surface area contributed by atoms with Gasteiger partial charge in [0.1, 0.15) is 28.6 Å². The second kappa shape index (κ2) is 10.7. The number of carbonyl (C=O) groups is 1. The summed E-state index contributed by atoms with van der Waals surface area (Å²) < 4.78 is 27.4. The minimum Gasteiger partial charge on any atom is -0.497 e. The maximum Gasteiger partial charge on any atom is 0.319 e. The van der Waals surface area contributed by atoms with Crippen LogP contribution in [0.25, 0.3) is 0 Å². The molecule has 37 heavy (non-hydrogen) atoms. The Hall–Kier alpha value is -3.75. The third-order valence-electron chi connectivity index (χ3n) is 7.19. The summed E-state index contributed by atoms with van der Waals surface area (Å²) in [5.41, 5.74) is 5.28. The molecule has 3 unspecified atom stereocenters. The first-order chi connectivity index (χ1) is 17.9. The van der Waals surface area contributed by atoms with Crippen LogP contribution in [-0.2, 0) is 20.7 Å². The fourth-order valence-corrected chi connectivity index (χ4v) is 5.51. The van der Waals surface area contributed by atoms with E-state index in [2.05, 4.69) is 16.9 Å². The Morgan fingerprint density at radius 2 is 1.65 bits per heavy atom. The standard InChI is InChI=1S/C26H26O5.C3H7NO2/c1-28-19-11-9-18(10-12-19)26-21(17-7-5-4-6-8-17)13-14-25(26,27)24-22(30-3)15-20(29-2)16-23(24)31-26;1-6-3(5)2-4/h4-12,15-16,21,27H,13-14H2,1-3H3;2,4H2,1H3. The average Bonchev–Trinajstić information content (AvgIpc) is 3.39. The first-order valence-corrected chi connectivity index (χ1v) is 12.0. The molecule has 5 rings (SSSR count). The number of ether oxygens (including phenoxy) is 5. The summed E-state index contributed by atoms with van der Waals surface area (Å²) in [6.45, 7) is -0.0312. The van der Waals surface area contributed by atoms with E-state index in [4.69, 9.17) is 24.7 Å². The van der Waals surface area contributed by atoms with Gasteiger partial charge in [0, 0.05) is 18.1 Å². The lowest BCUT2D eigenvalue weighted by atomic mass is 9.71. The first-order valence-electron chi connectivity index (χ1n) is 12.0. The maximum absolute atomic E-state index is 12.3. The number of fused-ring (bicyclic) bond motifs is 3. The topological polar surface area (TPSA) is 109 Å². The van der Waals surface area contributed by atoms with Crippen molar-refractivity contribution in [2.24, 2.45) is 5.73 Å². The molecule has 0 amide bonds. The highest BCUT2D eigenvalue weighted by molar-refractivity contribution is 5.71. The van der Waals surface area contributed by atoms with Gasteiger partial charge in [-0.1, -0.05) is 42.5 Å². The molecular formula is C29H33NO7. The van der Waals surface area contributed by atoms with Crippen LogP contribution < -0.4 is 24.7 Å². The van der Waals surface area contributed by atoms with E-state index in [0.717, 1.165) is 23.3 Å². The van der Waals surface area contributed by atoms with E-state index in [9.17, 15) is 9.90 Å². The molecule has 1 aliphatic carbocycles. The average molecular weight is 508 g/mol. The van der Waals surface area contributed by atoms with E-state index in [1.807, 2.05) is 48.5 Å².